The standard InChI is InChI=1S/C21H17F2N3O3/c22-15-5-1-2-6-18(15)26-20(28)14(19(27)24-21(26)29)11-13-7-8-17(16(23)12-13)25-9-3-4-10-25/h1-2,5-8,11-12H,3-4,9-10H2,(H,24,27,29)/b14-11+. The number of carbonyl (C=O) groups excluding carboxylic acids is 3. The molecule has 0 radical (unpaired) electrons. The fourth-order valence-corrected chi connectivity index (χ4v) is 3.50. The lowest BCUT2D eigenvalue weighted by Gasteiger charge is -2.26. The molecule has 4 rings (SSSR count). The van der Waals surface area contributed by atoms with Crippen LogP contribution in [0.25, 0.3) is 6.08 Å². The van der Waals surface area contributed by atoms with Gasteiger partial charge in [-0.1, -0.05) is 18.2 Å². The first-order valence-corrected chi connectivity index (χ1v) is 9.16. The molecule has 0 saturated carbocycles. The van der Waals surface area contributed by atoms with Crippen molar-refractivity contribution in [3.8, 4) is 0 Å². The van der Waals surface area contributed by atoms with Crippen LogP contribution in [0.1, 0.15) is 18.4 Å². The van der Waals surface area contributed by atoms with E-state index in [1.54, 1.807) is 12.1 Å². The molecule has 0 atom stereocenters. The molecule has 0 unspecified atom stereocenters. The third-order valence-electron chi connectivity index (χ3n) is 4.92. The molecule has 2 fully saturated rings. The molecule has 2 saturated heterocycles. The molecule has 29 heavy (non-hydrogen) atoms. The summed E-state index contributed by atoms with van der Waals surface area (Å²) in [5, 5.41) is 2.02. The molecule has 6 nitrogen and oxygen atoms in total. The third-order valence-corrected chi connectivity index (χ3v) is 4.92. The topological polar surface area (TPSA) is 69.7 Å². The largest absolute Gasteiger partial charge is 0.369 e. The van der Waals surface area contributed by atoms with E-state index in [9.17, 15) is 23.2 Å². The molecule has 2 aromatic rings. The maximum Gasteiger partial charge on any atom is 0.336 e. The lowest BCUT2D eigenvalue weighted by atomic mass is 10.1. The highest BCUT2D eigenvalue weighted by Gasteiger charge is 2.38. The predicted molar refractivity (Wildman–Crippen MR) is 103 cm³/mol. The first-order chi connectivity index (χ1) is 14.0. The van der Waals surface area contributed by atoms with Crippen LogP contribution in [0.2, 0.25) is 0 Å². The monoisotopic (exact) mass is 397 g/mol. The maximum absolute atomic E-state index is 14.5. The van der Waals surface area contributed by atoms with Gasteiger partial charge in [0.05, 0.1) is 11.4 Å². The highest BCUT2D eigenvalue weighted by atomic mass is 19.1. The van der Waals surface area contributed by atoms with Gasteiger partial charge in [0.25, 0.3) is 11.8 Å². The number of halogens is 2. The zero-order chi connectivity index (χ0) is 20.5. The van der Waals surface area contributed by atoms with Crippen molar-refractivity contribution in [2.24, 2.45) is 0 Å². The number of urea groups is 1. The summed E-state index contributed by atoms with van der Waals surface area (Å²) in [6.07, 6.45) is 3.19. The van der Waals surface area contributed by atoms with E-state index in [1.807, 2.05) is 10.2 Å². The van der Waals surface area contributed by atoms with E-state index in [-0.39, 0.29) is 16.8 Å². The van der Waals surface area contributed by atoms with Gasteiger partial charge >= 0.3 is 6.03 Å². The van der Waals surface area contributed by atoms with Crippen molar-refractivity contribution in [1.82, 2.24) is 5.32 Å². The summed E-state index contributed by atoms with van der Waals surface area (Å²) >= 11 is 0. The molecule has 0 aromatic heterocycles. The summed E-state index contributed by atoms with van der Waals surface area (Å²) in [5.74, 6) is -3.15. The minimum atomic E-state index is -1.04. The van der Waals surface area contributed by atoms with Crippen molar-refractivity contribution in [3.05, 3.63) is 65.2 Å². The van der Waals surface area contributed by atoms with Gasteiger partial charge in [0.1, 0.15) is 17.2 Å². The number of benzene rings is 2. The number of carbonyl (C=O) groups is 3. The Morgan fingerprint density at radius 1 is 0.897 bits per heavy atom. The maximum atomic E-state index is 14.5. The van der Waals surface area contributed by atoms with Gasteiger partial charge in [-0.15, -0.1) is 0 Å². The third kappa shape index (κ3) is 3.49. The van der Waals surface area contributed by atoms with Crippen molar-refractivity contribution >= 4 is 35.3 Å². The Bertz CT molecular complexity index is 1050. The zero-order valence-corrected chi connectivity index (χ0v) is 15.3. The quantitative estimate of drug-likeness (QED) is 0.638. The summed E-state index contributed by atoms with van der Waals surface area (Å²) in [6.45, 7) is 1.55. The van der Waals surface area contributed by atoms with Crippen molar-refractivity contribution in [2.75, 3.05) is 22.9 Å². The molecular formula is C21H17F2N3O3. The minimum Gasteiger partial charge on any atom is -0.369 e. The van der Waals surface area contributed by atoms with Crippen LogP contribution in [0, 0.1) is 11.6 Å². The van der Waals surface area contributed by atoms with Crippen LogP contribution in [-0.4, -0.2) is 30.9 Å². The molecule has 2 aromatic carbocycles. The van der Waals surface area contributed by atoms with E-state index in [4.69, 9.17) is 0 Å². The molecule has 4 amide bonds. The molecule has 2 aliphatic heterocycles. The summed E-state index contributed by atoms with van der Waals surface area (Å²) in [7, 11) is 0. The van der Waals surface area contributed by atoms with Crippen LogP contribution >= 0.6 is 0 Å². The van der Waals surface area contributed by atoms with Crippen molar-refractivity contribution in [1.29, 1.82) is 0 Å². The number of nitrogens with one attached hydrogen (secondary N) is 1. The van der Waals surface area contributed by atoms with Crippen LogP contribution in [-0.2, 0) is 9.59 Å². The SMILES string of the molecule is O=C1NC(=O)N(c2ccccc2F)C(=O)/C1=C/c1ccc(N2CCCC2)c(F)c1. The van der Waals surface area contributed by atoms with Crippen LogP contribution in [0.15, 0.2) is 48.0 Å². The fourth-order valence-electron chi connectivity index (χ4n) is 3.50. The second-order valence-corrected chi connectivity index (χ2v) is 6.81. The van der Waals surface area contributed by atoms with Gasteiger partial charge in [-0.3, -0.25) is 14.9 Å². The second kappa shape index (κ2) is 7.46. The van der Waals surface area contributed by atoms with Crippen LogP contribution in [0.5, 0.6) is 0 Å². The predicted octanol–water partition coefficient (Wildman–Crippen LogP) is 3.23. The number of barbiturate groups is 1. The molecule has 2 heterocycles. The first-order valence-electron chi connectivity index (χ1n) is 9.16. The van der Waals surface area contributed by atoms with Gasteiger partial charge in [-0.2, -0.15) is 0 Å². The first kappa shape index (κ1) is 18.8. The smallest absolute Gasteiger partial charge is 0.336 e. The van der Waals surface area contributed by atoms with Crippen LogP contribution in [0.3, 0.4) is 0 Å². The van der Waals surface area contributed by atoms with Crippen LogP contribution in [0.4, 0.5) is 25.0 Å². The average molecular weight is 397 g/mol. The number of imide groups is 2. The number of amides is 4. The van der Waals surface area contributed by atoms with E-state index in [1.165, 1.54) is 30.3 Å². The highest BCUT2D eigenvalue weighted by molar-refractivity contribution is 6.39. The minimum absolute atomic E-state index is 0.274. The summed E-state index contributed by atoms with van der Waals surface area (Å²) in [5.41, 5.74) is 0.0872. The molecular weight excluding hydrogens is 380 g/mol. The van der Waals surface area contributed by atoms with E-state index in [2.05, 4.69) is 0 Å². The van der Waals surface area contributed by atoms with Crippen molar-refractivity contribution < 1.29 is 23.2 Å². The van der Waals surface area contributed by atoms with Gasteiger partial charge in [-0.25, -0.2) is 18.5 Å². The Labute approximate surface area is 165 Å². The fraction of sp³-hybridized carbons (Fsp3) is 0.190. The Balaban J connectivity index is 1.68. The lowest BCUT2D eigenvalue weighted by Crippen LogP contribution is -2.54. The lowest BCUT2D eigenvalue weighted by molar-refractivity contribution is -0.122. The summed E-state index contributed by atoms with van der Waals surface area (Å²) < 4.78 is 28.6. The Morgan fingerprint density at radius 3 is 2.31 bits per heavy atom. The zero-order valence-electron chi connectivity index (χ0n) is 15.3. The molecule has 2 aliphatic rings. The van der Waals surface area contributed by atoms with E-state index in [0.29, 0.717) is 10.6 Å². The molecule has 0 aliphatic carbocycles. The molecule has 8 heteroatoms. The van der Waals surface area contributed by atoms with Gasteiger partial charge in [-0.05, 0) is 48.7 Å². The number of para-hydroxylation sites is 1. The average Bonchev–Trinajstić information content (AvgIpc) is 3.21. The van der Waals surface area contributed by atoms with Gasteiger partial charge in [0, 0.05) is 13.1 Å². The normalized spacial score (nSPS) is 18.6. The Hall–Kier alpha value is -3.55. The van der Waals surface area contributed by atoms with Gasteiger partial charge < -0.3 is 4.90 Å². The Kier molecular flexibility index (Phi) is 4.84. The Morgan fingerprint density at radius 2 is 1.62 bits per heavy atom. The molecule has 0 spiro atoms. The van der Waals surface area contributed by atoms with Gasteiger partial charge in [0.2, 0.25) is 0 Å². The van der Waals surface area contributed by atoms with Crippen molar-refractivity contribution in [3.63, 3.8) is 0 Å². The second-order valence-electron chi connectivity index (χ2n) is 6.81. The van der Waals surface area contributed by atoms with Crippen molar-refractivity contribution in [2.45, 2.75) is 12.8 Å². The van der Waals surface area contributed by atoms with Crippen LogP contribution < -0.4 is 15.1 Å². The number of nitrogens with zero attached hydrogens (tertiary/aromatic N) is 2. The molecule has 148 valence electrons. The number of rotatable bonds is 3. The number of hydrogen-bond donors (Lipinski definition) is 1. The van der Waals surface area contributed by atoms with E-state index >= 15 is 0 Å². The number of anilines is 2. The summed E-state index contributed by atoms with van der Waals surface area (Å²) in [6, 6.07) is 8.60. The highest BCUT2D eigenvalue weighted by Crippen LogP contribution is 2.27. The molecule has 1 N–H and O–H groups in total. The van der Waals surface area contributed by atoms with Gasteiger partial charge in [0.15, 0.2) is 0 Å². The summed E-state index contributed by atoms with van der Waals surface area (Å²) in [4.78, 5) is 39.6. The van der Waals surface area contributed by atoms with E-state index in [0.717, 1.165) is 32.0 Å². The molecule has 0 bridgehead atoms. The van der Waals surface area contributed by atoms with E-state index < -0.39 is 29.5 Å². The number of hydrogen-bond acceptors (Lipinski definition) is 4.